The summed E-state index contributed by atoms with van der Waals surface area (Å²) >= 11 is 5.72. The molecule has 0 spiro atoms. The van der Waals surface area contributed by atoms with E-state index in [0.717, 1.165) is 5.06 Å². The van der Waals surface area contributed by atoms with Crippen molar-refractivity contribution in [3.05, 3.63) is 28.8 Å². The van der Waals surface area contributed by atoms with Gasteiger partial charge in [-0.05, 0) is 18.2 Å². The minimum absolute atomic E-state index is 0.268. The maximum Gasteiger partial charge on any atom is 0.277 e. The van der Waals surface area contributed by atoms with Gasteiger partial charge in [-0.2, -0.15) is 0 Å². The lowest BCUT2D eigenvalue weighted by Crippen LogP contribution is -2.25. The van der Waals surface area contributed by atoms with Crippen molar-refractivity contribution in [1.82, 2.24) is 5.06 Å². The first-order chi connectivity index (χ1) is 6.56. The Morgan fingerprint density at radius 3 is 2.71 bits per heavy atom. The fourth-order valence-corrected chi connectivity index (χ4v) is 1.06. The van der Waals surface area contributed by atoms with Crippen LogP contribution in [0.1, 0.15) is 10.4 Å². The molecule has 1 aromatic rings. The summed E-state index contributed by atoms with van der Waals surface area (Å²) in [4.78, 5) is 16.3. The van der Waals surface area contributed by atoms with Crippen LogP contribution >= 0.6 is 11.6 Å². The number of carbonyl (C=O) groups is 1. The Bertz CT molecular complexity index is 355. The molecule has 0 heterocycles. The Labute approximate surface area is 87.2 Å². The third-order valence-corrected chi connectivity index (χ3v) is 2.15. The number of carbonyl (C=O) groups excluding carboxylic acids is 1. The Balaban J connectivity index is 2.97. The highest BCUT2D eigenvalue weighted by Crippen LogP contribution is 2.20. The highest BCUT2D eigenvalue weighted by Gasteiger charge is 2.11. The molecule has 0 unspecified atom stereocenters. The van der Waals surface area contributed by atoms with Crippen LogP contribution in [0.3, 0.4) is 0 Å². The number of hydrogen-bond acceptors (Lipinski definition) is 3. The molecular formula is C9H11ClN2O2. The summed E-state index contributed by atoms with van der Waals surface area (Å²) in [7, 11) is 2.93. The summed E-state index contributed by atoms with van der Waals surface area (Å²) in [5, 5.41) is 1.55. The Hall–Kier alpha value is -1.26. The van der Waals surface area contributed by atoms with Crippen LogP contribution < -0.4 is 5.73 Å². The van der Waals surface area contributed by atoms with E-state index in [4.69, 9.17) is 22.2 Å². The molecule has 76 valence electrons. The molecule has 1 amide bonds. The molecule has 0 atom stereocenters. The molecule has 14 heavy (non-hydrogen) atoms. The van der Waals surface area contributed by atoms with E-state index in [0.29, 0.717) is 16.3 Å². The number of nitrogens with zero attached hydrogens (tertiary/aromatic N) is 1. The van der Waals surface area contributed by atoms with Crippen LogP contribution in [0.15, 0.2) is 18.2 Å². The van der Waals surface area contributed by atoms with Gasteiger partial charge in [-0.1, -0.05) is 11.6 Å². The largest absolute Gasteiger partial charge is 0.398 e. The molecule has 4 nitrogen and oxygen atoms in total. The normalized spacial score (nSPS) is 9.93. The number of rotatable bonds is 2. The number of halogens is 1. The fraction of sp³-hybridized carbons (Fsp3) is 0.222. The number of amides is 1. The van der Waals surface area contributed by atoms with Gasteiger partial charge in [0.15, 0.2) is 0 Å². The Morgan fingerprint density at radius 2 is 2.21 bits per heavy atom. The summed E-state index contributed by atoms with van der Waals surface area (Å²) in [5.41, 5.74) is 6.37. The maximum absolute atomic E-state index is 11.5. The van der Waals surface area contributed by atoms with Crippen molar-refractivity contribution in [2.45, 2.75) is 0 Å². The fourth-order valence-electron chi connectivity index (χ4n) is 0.941. The summed E-state index contributed by atoms with van der Waals surface area (Å²) in [6.45, 7) is 0. The van der Waals surface area contributed by atoms with Crippen LogP contribution in [0.2, 0.25) is 5.02 Å². The molecule has 0 radical (unpaired) electrons. The van der Waals surface area contributed by atoms with Crippen molar-refractivity contribution in [1.29, 1.82) is 0 Å². The standard InChI is InChI=1S/C9H11ClN2O2/c1-12(14-2)9(13)6-3-4-7(10)8(11)5-6/h3-5H,11H2,1-2H3. The number of hydroxylamine groups is 2. The molecule has 0 saturated carbocycles. The van der Waals surface area contributed by atoms with Gasteiger partial charge in [0.2, 0.25) is 0 Å². The molecule has 0 bridgehead atoms. The van der Waals surface area contributed by atoms with E-state index >= 15 is 0 Å². The molecule has 0 aromatic heterocycles. The predicted octanol–water partition coefficient (Wildman–Crippen LogP) is 1.56. The van der Waals surface area contributed by atoms with Gasteiger partial charge in [-0.3, -0.25) is 9.63 Å². The SMILES string of the molecule is CON(C)C(=O)c1ccc(Cl)c(N)c1. The van der Waals surface area contributed by atoms with Crippen molar-refractivity contribution in [3.8, 4) is 0 Å². The van der Waals surface area contributed by atoms with Gasteiger partial charge in [0.05, 0.1) is 17.8 Å². The van der Waals surface area contributed by atoms with Crippen LogP contribution in [0, 0.1) is 0 Å². The Kier molecular flexibility index (Phi) is 3.33. The van der Waals surface area contributed by atoms with Crippen LogP contribution in [0.4, 0.5) is 5.69 Å². The Morgan fingerprint density at radius 1 is 1.57 bits per heavy atom. The van der Waals surface area contributed by atoms with Crippen LogP contribution in [0.5, 0.6) is 0 Å². The average Bonchev–Trinajstić information content (AvgIpc) is 2.20. The zero-order valence-corrected chi connectivity index (χ0v) is 8.71. The highest BCUT2D eigenvalue weighted by molar-refractivity contribution is 6.33. The molecule has 0 aliphatic heterocycles. The third-order valence-electron chi connectivity index (χ3n) is 1.80. The monoisotopic (exact) mass is 214 g/mol. The molecule has 5 heteroatoms. The van der Waals surface area contributed by atoms with Crippen LogP contribution in [-0.2, 0) is 4.84 Å². The average molecular weight is 215 g/mol. The lowest BCUT2D eigenvalue weighted by Gasteiger charge is -2.13. The van der Waals surface area contributed by atoms with E-state index in [1.807, 2.05) is 0 Å². The van der Waals surface area contributed by atoms with E-state index in [1.54, 1.807) is 12.1 Å². The lowest BCUT2D eigenvalue weighted by molar-refractivity contribution is -0.0756. The minimum atomic E-state index is -0.268. The number of anilines is 1. The summed E-state index contributed by atoms with van der Waals surface area (Å²) in [5.74, 6) is -0.268. The second kappa shape index (κ2) is 4.30. The van der Waals surface area contributed by atoms with Gasteiger partial charge in [0.1, 0.15) is 0 Å². The van der Waals surface area contributed by atoms with Crippen molar-refractivity contribution in [2.24, 2.45) is 0 Å². The number of nitrogen functional groups attached to an aromatic ring is 1. The number of nitrogens with two attached hydrogens (primary N) is 1. The van der Waals surface area contributed by atoms with E-state index in [-0.39, 0.29) is 5.91 Å². The third kappa shape index (κ3) is 2.16. The predicted molar refractivity (Wildman–Crippen MR) is 55.0 cm³/mol. The summed E-state index contributed by atoms with van der Waals surface area (Å²) in [6, 6.07) is 4.68. The lowest BCUT2D eigenvalue weighted by atomic mass is 10.2. The van der Waals surface area contributed by atoms with Crippen molar-refractivity contribution in [2.75, 3.05) is 19.9 Å². The van der Waals surface area contributed by atoms with E-state index < -0.39 is 0 Å². The van der Waals surface area contributed by atoms with Gasteiger partial charge in [0.25, 0.3) is 5.91 Å². The molecule has 0 fully saturated rings. The van der Waals surface area contributed by atoms with Crippen molar-refractivity contribution < 1.29 is 9.63 Å². The smallest absolute Gasteiger partial charge is 0.277 e. The second-order valence-corrected chi connectivity index (χ2v) is 3.13. The van der Waals surface area contributed by atoms with Gasteiger partial charge in [-0.15, -0.1) is 0 Å². The van der Waals surface area contributed by atoms with Gasteiger partial charge < -0.3 is 5.73 Å². The van der Waals surface area contributed by atoms with Gasteiger partial charge in [-0.25, -0.2) is 5.06 Å². The quantitative estimate of drug-likeness (QED) is 0.601. The highest BCUT2D eigenvalue weighted by atomic mass is 35.5. The van der Waals surface area contributed by atoms with Crippen LogP contribution in [-0.4, -0.2) is 25.1 Å². The first-order valence-corrected chi connectivity index (χ1v) is 4.31. The zero-order chi connectivity index (χ0) is 10.7. The molecule has 2 N–H and O–H groups in total. The summed E-state index contributed by atoms with van der Waals surface area (Å²) < 4.78 is 0. The molecule has 0 saturated heterocycles. The second-order valence-electron chi connectivity index (χ2n) is 2.72. The van der Waals surface area contributed by atoms with Gasteiger partial charge in [0, 0.05) is 12.6 Å². The number of benzene rings is 1. The van der Waals surface area contributed by atoms with Crippen LogP contribution in [0.25, 0.3) is 0 Å². The first kappa shape index (κ1) is 10.8. The number of hydrogen-bond donors (Lipinski definition) is 1. The maximum atomic E-state index is 11.5. The van der Waals surface area contributed by atoms with E-state index in [2.05, 4.69) is 0 Å². The minimum Gasteiger partial charge on any atom is -0.398 e. The van der Waals surface area contributed by atoms with Crippen molar-refractivity contribution in [3.63, 3.8) is 0 Å². The molecule has 0 aliphatic rings. The topological polar surface area (TPSA) is 55.6 Å². The summed E-state index contributed by atoms with van der Waals surface area (Å²) in [6.07, 6.45) is 0. The van der Waals surface area contributed by atoms with E-state index in [9.17, 15) is 4.79 Å². The molecule has 1 rings (SSSR count). The van der Waals surface area contributed by atoms with Gasteiger partial charge >= 0.3 is 0 Å². The molecule has 1 aromatic carbocycles. The van der Waals surface area contributed by atoms with Crippen molar-refractivity contribution >= 4 is 23.2 Å². The zero-order valence-electron chi connectivity index (χ0n) is 7.95. The first-order valence-electron chi connectivity index (χ1n) is 3.93. The molecular weight excluding hydrogens is 204 g/mol. The van der Waals surface area contributed by atoms with E-state index in [1.165, 1.54) is 20.2 Å². The molecule has 0 aliphatic carbocycles.